The zero-order valence-corrected chi connectivity index (χ0v) is 22.5. The molecule has 1 aromatic heterocycles. The predicted molar refractivity (Wildman–Crippen MR) is 149 cm³/mol. The highest BCUT2D eigenvalue weighted by Gasteiger charge is 2.33. The Morgan fingerprint density at radius 1 is 1.07 bits per heavy atom. The van der Waals surface area contributed by atoms with Gasteiger partial charge in [-0.3, -0.25) is 29.1 Å². The number of carboxylic acids is 1. The molecule has 4 rings (SSSR count). The average Bonchev–Trinajstić information content (AvgIpc) is 3.21. The van der Waals surface area contributed by atoms with Gasteiger partial charge in [0.25, 0.3) is 11.5 Å². The third-order valence-corrected chi connectivity index (χ3v) is 6.49. The molecule has 2 aromatic carbocycles. The molecular weight excluding hydrogens is 542 g/mol. The first-order chi connectivity index (χ1) is 19.0. The summed E-state index contributed by atoms with van der Waals surface area (Å²) in [4.78, 5) is 66.9. The molecule has 2 atom stereocenters. The van der Waals surface area contributed by atoms with E-state index in [4.69, 9.17) is 14.6 Å². The molecule has 13 nitrogen and oxygen atoms in total. The number of hydrogen-bond acceptors (Lipinski definition) is 9. The number of methoxy groups -OCH3 is 1. The largest absolute Gasteiger partial charge is 0.497 e. The maximum atomic E-state index is 12.6. The minimum atomic E-state index is -1.03. The van der Waals surface area contributed by atoms with Gasteiger partial charge < -0.3 is 25.6 Å². The van der Waals surface area contributed by atoms with E-state index in [1.54, 1.807) is 43.5 Å². The second-order valence-electron chi connectivity index (χ2n) is 8.51. The van der Waals surface area contributed by atoms with Crippen molar-refractivity contribution in [2.75, 3.05) is 12.4 Å². The van der Waals surface area contributed by atoms with Crippen molar-refractivity contribution in [1.82, 2.24) is 15.3 Å². The summed E-state index contributed by atoms with van der Waals surface area (Å²) in [5.74, 6) is -1.58. The number of aryl methyl sites for hydroxylation is 1. The molecule has 0 aliphatic carbocycles. The number of benzene rings is 2. The number of carboxylic acid groups (broad SMARTS) is 1. The van der Waals surface area contributed by atoms with Crippen LogP contribution < -0.4 is 26.6 Å². The molecule has 2 amide bonds. The Kier molecular flexibility index (Phi) is 9.86. The number of nitrogens with zero attached hydrogens (tertiary/aromatic N) is 1. The first-order valence-electron chi connectivity index (χ1n) is 11.8. The van der Waals surface area contributed by atoms with Crippen LogP contribution in [0.5, 0.6) is 11.6 Å². The van der Waals surface area contributed by atoms with Crippen molar-refractivity contribution in [2.24, 2.45) is 4.99 Å². The number of aromatic hydroxyl groups is 1. The first-order valence-corrected chi connectivity index (χ1v) is 12.7. The van der Waals surface area contributed by atoms with Gasteiger partial charge in [0, 0.05) is 19.0 Å². The number of ether oxygens (including phenoxy) is 1. The highest BCUT2D eigenvalue weighted by molar-refractivity contribution is 8.15. The molecule has 0 spiro atoms. The number of hydrogen-bond donors (Lipinski definition) is 6. The fourth-order valence-corrected chi connectivity index (χ4v) is 4.56. The van der Waals surface area contributed by atoms with Gasteiger partial charge in [-0.1, -0.05) is 41.6 Å². The third kappa shape index (κ3) is 8.07. The Labute approximate surface area is 231 Å². The summed E-state index contributed by atoms with van der Waals surface area (Å²) < 4.78 is 5.09. The third-order valence-electron chi connectivity index (χ3n) is 5.39. The van der Waals surface area contributed by atoms with Crippen molar-refractivity contribution >= 4 is 40.4 Å². The zero-order valence-electron chi connectivity index (χ0n) is 21.7. The fourth-order valence-electron chi connectivity index (χ4n) is 3.56. The number of nitrogens with one attached hydrogen (secondary N) is 4. The number of carbonyl (C=O) groups excluding carboxylic acids is 2. The first kappa shape index (κ1) is 29.7. The summed E-state index contributed by atoms with van der Waals surface area (Å²) in [6, 6.07) is 12.8. The van der Waals surface area contributed by atoms with Crippen molar-refractivity contribution in [2.45, 2.75) is 31.6 Å². The lowest BCUT2D eigenvalue weighted by molar-refractivity contribution is -0.134. The number of amidine groups is 1. The number of rotatable bonds is 7. The van der Waals surface area contributed by atoms with Crippen LogP contribution in [0.2, 0.25) is 0 Å². The summed E-state index contributed by atoms with van der Waals surface area (Å²) >= 11 is 1.04. The van der Waals surface area contributed by atoms with E-state index in [9.17, 15) is 24.3 Å². The molecule has 210 valence electrons. The lowest BCUT2D eigenvalue weighted by Gasteiger charge is -2.14. The number of carbonyl (C=O) groups is 3. The normalized spacial score (nSPS) is 15.9. The van der Waals surface area contributed by atoms with E-state index in [2.05, 4.69) is 25.6 Å². The predicted octanol–water partition coefficient (Wildman–Crippen LogP) is 1.88. The van der Waals surface area contributed by atoms with Crippen LogP contribution in [0.25, 0.3) is 0 Å². The Bertz CT molecular complexity index is 1530. The van der Waals surface area contributed by atoms with Gasteiger partial charge in [0.05, 0.1) is 7.11 Å². The van der Waals surface area contributed by atoms with Crippen molar-refractivity contribution in [3.63, 3.8) is 0 Å². The van der Waals surface area contributed by atoms with Crippen LogP contribution in [-0.2, 0) is 14.4 Å². The summed E-state index contributed by atoms with van der Waals surface area (Å²) in [5, 5.41) is 22.5. The Hall–Kier alpha value is -4.85. The van der Waals surface area contributed by atoms with E-state index in [0.29, 0.717) is 17.0 Å². The van der Waals surface area contributed by atoms with E-state index in [-0.39, 0.29) is 23.1 Å². The van der Waals surface area contributed by atoms with Crippen LogP contribution in [0.3, 0.4) is 0 Å². The maximum Gasteiger partial charge on any atom is 0.328 e. The number of aromatic nitrogens is 2. The van der Waals surface area contributed by atoms with Crippen LogP contribution in [0.15, 0.2) is 63.1 Å². The monoisotopic (exact) mass is 569 g/mol. The van der Waals surface area contributed by atoms with E-state index >= 15 is 0 Å². The molecule has 1 saturated heterocycles. The summed E-state index contributed by atoms with van der Waals surface area (Å²) in [7, 11) is 1.54. The van der Waals surface area contributed by atoms with E-state index in [0.717, 1.165) is 24.2 Å². The molecule has 0 saturated carbocycles. The van der Waals surface area contributed by atoms with Gasteiger partial charge in [-0.25, -0.2) is 9.79 Å². The van der Waals surface area contributed by atoms with Gasteiger partial charge in [0.1, 0.15) is 22.6 Å². The second kappa shape index (κ2) is 13.3. The molecule has 40 heavy (non-hydrogen) atoms. The van der Waals surface area contributed by atoms with Gasteiger partial charge in [-0.05, 0) is 36.8 Å². The molecule has 1 aliphatic rings. The highest BCUT2D eigenvalue weighted by atomic mass is 32.2. The number of H-pyrrole nitrogens is 2. The smallest absolute Gasteiger partial charge is 0.328 e. The number of aliphatic imine (C=N–C) groups is 1. The molecule has 6 N–H and O–H groups in total. The van der Waals surface area contributed by atoms with Crippen LogP contribution >= 0.6 is 11.8 Å². The van der Waals surface area contributed by atoms with Gasteiger partial charge in [-0.2, -0.15) is 0 Å². The van der Waals surface area contributed by atoms with Crippen LogP contribution in [0.4, 0.5) is 5.69 Å². The number of amides is 2. The summed E-state index contributed by atoms with van der Waals surface area (Å²) in [6.07, 6.45) is -0.110. The molecule has 2 unspecified atom stereocenters. The quantitative estimate of drug-likeness (QED) is 0.245. The number of aromatic amines is 2. The molecule has 0 radical (unpaired) electrons. The summed E-state index contributed by atoms with van der Waals surface area (Å²) in [5.41, 5.74) is 0.235. The summed E-state index contributed by atoms with van der Waals surface area (Å²) in [6.45, 7) is 2.98. The molecule has 2 heterocycles. The van der Waals surface area contributed by atoms with Crippen LogP contribution in [-0.4, -0.2) is 55.5 Å². The van der Waals surface area contributed by atoms with Crippen molar-refractivity contribution < 1.29 is 29.3 Å². The topological polar surface area (TPSA) is 203 Å². The Balaban J connectivity index is 0.00000103. The highest BCUT2D eigenvalue weighted by Crippen LogP contribution is 2.32. The molecular formula is C26H27N5O8S. The Morgan fingerprint density at radius 2 is 1.70 bits per heavy atom. The van der Waals surface area contributed by atoms with Crippen molar-refractivity contribution in [3.05, 3.63) is 86.1 Å². The number of anilines is 1. The minimum absolute atomic E-state index is 0.110. The standard InChI is InChI=1S/C24H23N5O6S.C2H4O2/c1-12-3-5-13(6-4-12)19(18-21(32)27-23(34)28-22(18)33)26-24-29-20(31)16(36-24)11-17(30)25-14-7-9-15(35-2)10-8-14;1-2(3)4/h3-10,16,19H,11H2,1-2H3,(H,25,30)(H,26,29,31)(H3,27,28,32,33,34);1H3,(H,3,4). The molecule has 3 aromatic rings. The number of thioether (sulfide) groups is 1. The zero-order chi connectivity index (χ0) is 29.4. The van der Waals surface area contributed by atoms with Gasteiger partial charge in [0.15, 0.2) is 5.17 Å². The van der Waals surface area contributed by atoms with Gasteiger partial charge in [0.2, 0.25) is 17.7 Å². The van der Waals surface area contributed by atoms with Crippen LogP contribution in [0.1, 0.15) is 36.1 Å². The Morgan fingerprint density at radius 3 is 2.27 bits per heavy atom. The molecule has 1 aliphatic heterocycles. The molecule has 0 bridgehead atoms. The van der Waals surface area contributed by atoms with E-state index < -0.39 is 40.3 Å². The molecule has 14 heteroatoms. The minimum Gasteiger partial charge on any atom is -0.497 e. The van der Waals surface area contributed by atoms with E-state index in [1.165, 1.54) is 0 Å². The van der Waals surface area contributed by atoms with Crippen molar-refractivity contribution in [1.29, 1.82) is 0 Å². The fraction of sp³-hybridized carbons (Fsp3) is 0.231. The van der Waals surface area contributed by atoms with Gasteiger partial charge in [-0.15, -0.1) is 0 Å². The van der Waals surface area contributed by atoms with Crippen molar-refractivity contribution in [3.8, 4) is 11.6 Å². The van der Waals surface area contributed by atoms with E-state index in [1.807, 2.05) is 19.1 Å². The SMILES string of the molecule is CC(=O)O.COc1ccc(NC(=O)CC2SC(=NC(c3ccc(C)cc3)c3c(O)[nH]c(=O)[nH]c3=O)NC2=O)cc1. The number of aliphatic carboxylic acids is 1. The lowest BCUT2D eigenvalue weighted by atomic mass is 10.00. The average molecular weight is 570 g/mol. The van der Waals surface area contributed by atoms with Crippen LogP contribution in [0, 0.1) is 6.92 Å². The molecule has 1 fully saturated rings. The van der Waals surface area contributed by atoms with Gasteiger partial charge >= 0.3 is 5.69 Å². The second-order valence-corrected chi connectivity index (χ2v) is 9.71. The lowest BCUT2D eigenvalue weighted by Crippen LogP contribution is -2.29. The maximum absolute atomic E-state index is 12.6.